The molecule has 0 aliphatic carbocycles. The summed E-state index contributed by atoms with van der Waals surface area (Å²) in [5, 5.41) is 8.55. The van der Waals surface area contributed by atoms with Gasteiger partial charge in [0.2, 0.25) is 0 Å². The molecule has 1 saturated heterocycles. The fourth-order valence-electron chi connectivity index (χ4n) is 3.97. The number of hydrogen-bond donors (Lipinski definition) is 0. The Hall–Kier alpha value is -2.70. The van der Waals surface area contributed by atoms with Crippen molar-refractivity contribution in [3.63, 3.8) is 0 Å². The number of fused-ring (bicyclic) bond motifs is 1. The number of likely N-dealkylation sites (tertiary alicyclic amines) is 1. The van der Waals surface area contributed by atoms with Crippen molar-refractivity contribution in [1.29, 1.82) is 0 Å². The lowest BCUT2D eigenvalue weighted by atomic mass is 9.98. The number of carbonyl (C=O) groups is 1. The molecule has 4 rings (SSSR count). The van der Waals surface area contributed by atoms with Crippen LogP contribution in [0.4, 0.5) is 0 Å². The summed E-state index contributed by atoms with van der Waals surface area (Å²) in [5.74, 6) is 0.984. The third-order valence-electron chi connectivity index (χ3n) is 5.27. The molecule has 1 aliphatic heterocycles. The van der Waals surface area contributed by atoms with Crippen LogP contribution in [0.1, 0.15) is 48.4 Å². The first-order valence-corrected chi connectivity index (χ1v) is 10.1. The van der Waals surface area contributed by atoms with Crippen LogP contribution in [-0.4, -0.2) is 48.3 Å². The molecular weight excluding hydrogens is 352 g/mol. The van der Waals surface area contributed by atoms with Gasteiger partial charge in [-0.25, -0.2) is 4.98 Å². The molecule has 1 fully saturated rings. The number of rotatable bonds is 5. The average molecular weight is 380 g/mol. The number of pyridine rings is 1. The molecule has 0 unspecified atom stereocenters. The highest BCUT2D eigenvalue weighted by Gasteiger charge is 2.26. The maximum absolute atomic E-state index is 13.0. The topological polar surface area (TPSA) is 68.3 Å². The van der Waals surface area contributed by atoms with Crippen molar-refractivity contribution in [2.45, 2.75) is 46.6 Å². The molecule has 7 nitrogen and oxygen atoms in total. The van der Waals surface area contributed by atoms with E-state index in [1.165, 1.54) is 0 Å². The third-order valence-corrected chi connectivity index (χ3v) is 5.27. The number of hydrogen-bond acceptors (Lipinski definition) is 4. The van der Waals surface area contributed by atoms with Crippen molar-refractivity contribution in [3.05, 3.63) is 47.7 Å². The Morgan fingerprint density at radius 1 is 1.25 bits per heavy atom. The van der Waals surface area contributed by atoms with E-state index in [9.17, 15) is 4.79 Å². The number of aryl methyl sites for hydroxylation is 1. The van der Waals surface area contributed by atoms with Gasteiger partial charge in [-0.1, -0.05) is 25.1 Å². The lowest BCUT2D eigenvalue weighted by Crippen LogP contribution is -2.41. The van der Waals surface area contributed by atoms with Gasteiger partial charge in [0.15, 0.2) is 0 Å². The Balaban J connectivity index is 1.42. The van der Waals surface area contributed by atoms with E-state index in [2.05, 4.69) is 29.1 Å². The van der Waals surface area contributed by atoms with Crippen LogP contribution in [0.3, 0.4) is 0 Å². The Labute approximate surface area is 165 Å². The quantitative estimate of drug-likeness (QED) is 0.682. The fourth-order valence-corrected chi connectivity index (χ4v) is 3.97. The minimum Gasteiger partial charge on any atom is -0.337 e. The Kier molecular flexibility index (Phi) is 5.15. The van der Waals surface area contributed by atoms with Crippen LogP contribution in [0.25, 0.3) is 5.65 Å². The first-order valence-electron chi connectivity index (χ1n) is 10.1. The molecule has 28 heavy (non-hydrogen) atoms. The summed E-state index contributed by atoms with van der Waals surface area (Å²) in [7, 11) is 0. The van der Waals surface area contributed by atoms with E-state index in [0.717, 1.165) is 55.8 Å². The number of piperidine rings is 1. The minimum absolute atomic E-state index is 0.0186. The van der Waals surface area contributed by atoms with E-state index in [-0.39, 0.29) is 5.91 Å². The first kappa shape index (κ1) is 18.7. The van der Waals surface area contributed by atoms with Crippen LogP contribution in [-0.2, 0) is 13.0 Å². The summed E-state index contributed by atoms with van der Waals surface area (Å²) in [6, 6.07) is 3.96. The molecular formula is C21H28N6O. The van der Waals surface area contributed by atoms with Crippen LogP contribution in [0, 0.1) is 18.8 Å². The second-order valence-electron chi connectivity index (χ2n) is 8.39. The van der Waals surface area contributed by atoms with Gasteiger partial charge in [-0.3, -0.25) is 9.48 Å². The molecule has 1 amide bonds. The Morgan fingerprint density at radius 2 is 2.11 bits per heavy atom. The fraction of sp³-hybridized carbons (Fsp3) is 0.524. The maximum Gasteiger partial charge on any atom is 0.274 e. The van der Waals surface area contributed by atoms with E-state index in [1.807, 2.05) is 51.6 Å². The molecule has 0 N–H and O–H groups in total. The summed E-state index contributed by atoms with van der Waals surface area (Å²) in [6.07, 6.45) is 8.94. The van der Waals surface area contributed by atoms with Crippen molar-refractivity contribution in [1.82, 2.24) is 29.3 Å². The molecule has 0 radical (unpaired) electrons. The van der Waals surface area contributed by atoms with E-state index in [4.69, 9.17) is 0 Å². The molecule has 7 heteroatoms. The van der Waals surface area contributed by atoms with Gasteiger partial charge in [0.05, 0.1) is 5.69 Å². The number of carbonyl (C=O) groups excluding carboxylic acids is 1. The third kappa shape index (κ3) is 4.08. The van der Waals surface area contributed by atoms with E-state index in [1.54, 1.807) is 0 Å². The molecule has 3 aromatic rings. The summed E-state index contributed by atoms with van der Waals surface area (Å²) >= 11 is 0. The molecule has 0 bridgehead atoms. The van der Waals surface area contributed by atoms with Gasteiger partial charge in [-0.15, -0.1) is 5.10 Å². The first-order chi connectivity index (χ1) is 13.5. The molecule has 3 aromatic heterocycles. The summed E-state index contributed by atoms with van der Waals surface area (Å²) in [4.78, 5) is 19.4. The smallest absolute Gasteiger partial charge is 0.274 e. The van der Waals surface area contributed by atoms with Crippen molar-refractivity contribution < 1.29 is 4.79 Å². The van der Waals surface area contributed by atoms with Gasteiger partial charge in [-0.05, 0) is 49.7 Å². The van der Waals surface area contributed by atoms with Crippen molar-refractivity contribution in [2.24, 2.45) is 11.8 Å². The van der Waals surface area contributed by atoms with Crippen LogP contribution >= 0.6 is 0 Å². The van der Waals surface area contributed by atoms with Crippen molar-refractivity contribution >= 4 is 11.6 Å². The molecule has 148 valence electrons. The normalized spacial score (nSPS) is 17.6. The summed E-state index contributed by atoms with van der Waals surface area (Å²) < 4.78 is 3.86. The number of imidazole rings is 1. The van der Waals surface area contributed by atoms with Gasteiger partial charge < -0.3 is 9.30 Å². The average Bonchev–Trinajstić information content (AvgIpc) is 3.27. The van der Waals surface area contributed by atoms with Gasteiger partial charge in [-0.2, -0.15) is 0 Å². The van der Waals surface area contributed by atoms with Gasteiger partial charge in [0.1, 0.15) is 11.3 Å². The zero-order chi connectivity index (χ0) is 19.7. The predicted molar refractivity (Wildman–Crippen MR) is 107 cm³/mol. The van der Waals surface area contributed by atoms with E-state index in [0.29, 0.717) is 17.5 Å². The summed E-state index contributed by atoms with van der Waals surface area (Å²) in [5.41, 5.74) is 3.51. The zero-order valence-corrected chi connectivity index (χ0v) is 16.9. The van der Waals surface area contributed by atoms with Crippen LogP contribution in [0.5, 0.6) is 0 Å². The molecule has 4 heterocycles. The highest BCUT2D eigenvalue weighted by molar-refractivity contribution is 5.93. The largest absolute Gasteiger partial charge is 0.337 e. The van der Waals surface area contributed by atoms with Gasteiger partial charge >= 0.3 is 0 Å². The van der Waals surface area contributed by atoms with Crippen LogP contribution in [0.2, 0.25) is 0 Å². The zero-order valence-electron chi connectivity index (χ0n) is 16.9. The SMILES string of the molecule is Cc1ccc2nc(C(=O)N3CCC[C@@H](Cn4cc(CC(C)C)nn4)C3)cn2c1. The number of amides is 1. The predicted octanol–water partition coefficient (Wildman–Crippen LogP) is 2.99. The minimum atomic E-state index is 0.0186. The second kappa shape index (κ2) is 7.73. The van der Waals surface area contributed by atoms with Crippen LogP contribution < -0.4 is 0 Å². The number of nitrogens with zero attached hydrogens (tertiary/aromatic N) is 6. The van der Waals surface area contributed by atoms with Gasteiger partial charge in [0.25, 0.3) is 5.91 Å². The molecule has 1 aliphatic rings. The van der Waals surface area contributed by atoms with E-state index < -0.39 is 0 Å². The monoisotopic (exact) mass is 380 g/mol. The van der Waals surface area contributed by atoms with Gasteiger partial charge in [0, 0.05) is 38.2 Å². The number of aromatic nitrogens is 5. The maximum atomic E-state index is 13.0. The molecule has 1 atom stereocenters. The Bertz CT molecular complexity index is 972. The summed E-state index contributed by atoms with van der Waals surface area (Å²) in [6.45, 7) is 8.74. The molecule has 0 aromatic carbocycles. The van der Waals surface area contributed by atoms with Crippen LogP contribution in [0.15, 0.2) is 30.7 Å². The van der Waals surface area contributed by atoms with Crippen molar-refractivity contribution in [2.75, 3.05) is 13.1 Å². The van der Waals surface area contributed by atoms with Crippen molar-refractivity contribution in [3.8, 4) is 0 Å². The Morgan fingerprint density at radius 3 is 2.93 bits per heavy atom. The molecule has 0 saturated carbocycles. The molecule has 0 spiro atoms. The standard InChI is InChI=1S/C21H28N6O/c1-15(2)9-18-13-27(24-23-18)12-17-5-4-8-25(11-17)21(28)19-14-26-10-16(3)6-7-20(26)22-19/h6-7,10,13-15,17H,4-5,8-9,11-12H2,1-3H3/t17-/m1/s1. The van der Waals surface area contributed by atoms with E-state index >= 15 is 0 Å². The lowest BCUT2D eigenvalue weighted by molar-refractivity contribution is 0.0654. The second-order valence-corrected chi connectivity index (χ2v) is 8.39. The lowest BCUT2D eigenvalue weighted by Gasteiger charge is -2.32. The highest BCUT2D eigenvalue weighted by Crippen LogP contribution is 2.20. The highest BCUT2D eigenvalue weighted by atomic mass is 16.2.